The van der Waals surface area contributed by atoms with Gasteiger partial charge in [0.15, 0.2) is 0 Å². The number of hydrogen-bond acceptors (Lipinski definition) is 6. The normalized spacial score (nSPS) is 15.6. The summed E-state index contributed by atoms with van der Waals surface area (Å²) in [4.78, 5) is 28.5. The lowest BCUT2D eigenvalue weighted by Crippen LogP contribution is -2.66. The van der Waals surface area contributed by atoms with E-state index in [-0.39, 0.29) is 24.7 Å². The van der Waals surface area contributed by atoms with E-state index in [1.165, 1.54) is 12.1 Å². The van der Waals surface area contributed by atoms with Gasteiger partial charge in [-0.15, -0.1) is 0 Å². The van der Waals surface area contributed by atoms with E-state index in [0.717, 1.165) is 9.87 Å². The average Bonchev–Trinajstić information content (AvgIpc) is 2.73. The van der Waals surface area contributed by atoms with Crippen LogP contribution in [0.5, 0.6) is 5.88 Å². The number of pyridine rings is 1. The van der Waals surface area contributed by atoms with Crippen molar-refractivity contribution < 1.29 is 36.6 Å². The first-order valence-corrected chi connectivity index (χ1v) is 12.5. The molecule has 2 aromatic rings. The average molecular weight is 512 g/mol. The number of hydrogen-bond donors (Lipinski definition) is 2. The molecule has 190 valence electrons. The van der Waals surface area contributed by atoms with Crippen LogP contribution in [0, 0.1) is 6.92 Å². The van der Waals surface area contributed by atoms with E-state index in [0.29, 0.717) is 11.3 Å². The van der Waals surface area contributed by atoms with Gasteiger partial charge in [-0.1, -0.05) is 38.1 Å². The summed E-state index contributed by atoms with van der Waals surface area (Å²) < 4.78 is 56.7. The fourth-order valence-electron chi connectivity index (χ4n) is 4.01. The zero-order valence-electron chi connectivity index (χ0n) is 19.5. The van der Waals surface area contributed by atoms with Crippen LogP contribution in [0.25, 0.3) is 0 Å². The topological polar surface area (TPSA) is 126 Å². The van der Waals surface area contributed by atoms with E-state index >= 15 is 0 Å². The number of sulfonamides is 1. The minimum absolute atomic E-state index is 0.00677. The number of anilines is 1. The maximum Gasteiger partial charge on any atom is 0.388 e. The zero-order valence-corrected chi connectivity index (χ0v) is 20.3. The molecular formula is C23H27F2N3O6S. The Kier molecular flexibility index (Phi) is 7.75. The molecule has 12 heteroatoms. The van der Waals surface area contributed by atoms with Crippen molar-refractivity contribution >= 4 is 27.6 Å². The Labute approximate surface area is 202 Å². The van der Waals surface area contributed by atoms with Gasteiger partial charge in [0.05, 0.1) is 12.2 Å². The molecule has 1 aliphatic heterocycles. The molecule has 0 unspecified atom stereocenters. The Morgan fingerprint density at radius 1 is 1.20 bits per heavy atom. The van der Waals surface area contributed by atoms with Crippen molar-refractivity contribution in [2.75, 3.05) is 24.2 Å². The first kappa shape index (κ1) is 26.5. The highest BCUT2D eigenvalue weighted by atomic mass is 32.2. The van der Waals surface area contributed by atoms with Crippen LogP contribution in [-0.4, -0.2) is 60.1 Å². The number of halogens is 2. The minimum atomic E-state index is -3.93. The molecule has 0 bridgehead atoms. The molecule has 3 rings (SSSR count). The molecule has 35 heavy (non-hydrogen) atoms. The second-order valence-electron chi connectivity index (χ2n) is 8.69. The Bertz CT molecular complexity index is 1210. The second-order valence-corrected chi connectivity index (χ2v) is 10.8. The van der Waals surface area contributed by atoms with Crippen molar-refractivity contribution in [3.05, 3.63) is 53.2 Å². The van der Waals surface area contributed by atoms with Gasteiger partial charge in [0.1, 0.15) is 11.1 Å². The smallest absolute Gasteiger partial charge is 0.388 e. The van der Waals surface area contributed by atoms with E-state index in [1.807, 2.05) is 26.0 Å². The molecule has 0 radical (unpaired) electrons. The first-order valence-electron chi connectivity index (χ1n) is 10.9. The van der Waals surface area contributed by atoms with Gasteiger partial charge in [0.2, 0.25) is 21.8 Å². The van der Waals surface area contributed by atoms with E-state index in [4.69, 9.17) is 5.11 Å². The lowest BCUT2D eigenvalue weighted by Gasteiger charge is -2.49. The number of aryl methyl sites for hydroxylation is 1. The third-order valence-electron chi connectivity index (χ3n) is 5.84. The maximum absolute atomic E-state index is 13.7. The first-order chi connectivity index (χ1) is 16.4. The number of benzene rings is 1. The molecule has 9 nitrogen and oxygen atoms in total. The number of nitrogens with zero attached hydrogens (tertiary/aromatic N) is 2. The van der Waals surface area contributed by atoms with Crippen molar-refractivity contribution in [3.63, 3.8) is 0 Å². The van der Waals surface area contributed by atoms with Gasteiger partial charge < -0.3 is 15.2 Å². The number of ether oxygens (including phenoxy) is 1. The SMILES string of the molecule is Cc1ccc(NC(=O)C2(c3ccccc3C(C)C)CN(S(=O)(=O)CCC(=O)O)C2)c(OC(F)F)n1. The lowest BCUT2D eigenvalue weighted by atomic mass is 9.71. The van der Waals surface area contributed by atoms with Crippen LogP contribution in [0.3, 0.4) is 0 Å². The van der Waals surface area contributed by atoms with Crippen LogP contribution >= 0.6 is 0 Å². The standard InChI is InChI=1S/C23H27F2N3O6S/c1-14(2)16-6-4-5-7-17(16)23(12-28(13-23)35(32,33)11-10-19(29)30)21(31)27-18-9-8-15(3)26-20(18)34-22(24)25/h4-9,14,22H,10-13H2,1-3H3,(H,27,31)(H,29,30). The van der Waals surface area contributed by atoms with Gasteiger partial charge in [-0.25, -0.2) is 13.4 Å². The molecular weight excluding hydrogens is 484 g/mol. The number of aromatic nitrogens is 1. The summed E-state index contributed by atoms with van der Waals surface area (Å²) in [6.45, 7) is 1.83. The van der Waals surface area contributed by atoms with Crippen molar-refractivity contribution in [3.8, 4) is 5.88 Å². The zero-order chi connectivity index (χ0) is 26.0. The van der Waals surface area contributed by atoms with Gasteiger partial charge in [-0.05, 0) is 36.1 Å². The van der Waals surface area contributed by atoms with Gasteiger partial charge >= 0.3 is 12.6 Å². The van der Waals surface area contributed by atoms with Crippen molar-refractivity contribution in [2.45, 2.75) is 45.1 Å². The van der Waals surface area contributed by atoms with Crippen LogP contribution in [-0.2, 0) is 25.0 Å². The van der Waals surface area contributed by atoms with Crippen LogP contribution in [0.4, 0.5) is 14.5 Å². The maximum atomic E-state index is 13.7. The Hall–Kier alpha value is -3.12. The largest absolute Gasteiger partial charge is 0.481 e. The third-order valence-corrected chi connectivity index (χ3v) is 7.61. The van der Waals surface area contributed by atoms with Crippen LogP contribution in [0.1, 0.15) is 43.0 Å². The summed E-state index contributed by atoms with van der Waals surface area (Å²) in [7, 11) is -3.93. The predicted molar refractivity (Wildman–Crippen MR) is 124 cm³/mol. The van der Waals surface area contributed by atoms with Gasteiger partial charge in [-0.3, -0.25) is 9.59 Å². The molecule has 2 N–H and O–H groups in total. The van der Waals surface area contributed by atoms with E-state index < -0.39 is 52.0 Å². The fourth-order valence-corrected chi connectivity index (χ4v) is 5.54. The number of carbonyl (C=O) groups is 2. The van der Waals surface area contributed by atoms with E-state index in [2.05, 4.69) is 15.0 Å². The molecule has 0 atom stereocenters. The molecule has 2 heterocycles. The number of carboxylic acid groups (broad SMARTS) is 1. The molecule has 1 aromatic heterocycles. The Morgan fingerprint density at radius 3 is 2.46 bits per heavy atom. The second kappa shape index (κ2) is 10.2. The highest BCUT2D eigenvalue weighted by Crippen LogP contribution is 2.41. The van der Waals surface area contributed by atoms with Crippen molar-refractivity contribution in [1.82, 2.24) is 9.29 Å². The Balaban J connectivity index is 1.99. The lowest BCUT2D eigenvalue weighted by molar-refractivity contribution is -0.136. The number of aliphatic carboxylic acids is 1. The summed E-state index contributed by atoms with van der Waals surface area (Å²) in [6, 6.07) is 10.0. The minimum Gasteiger partial charge on any atom is -0.481 e. The quantitative estimate of drug-likeness (QED) is 0.502. The summed E-state index contributed by atoms with van der Waals surface area (Å²) in [5, 5.41) is 11.5. The van der Waals surface area contributed by atoms with E-state index in [1.54, 1.807) is 19.1 Å². The summed E-state index contributed by atoms with van der Waals surface area (Å²) in [5.74, 6) is -2.90. The monoisotopic (exact) mass is 511 g/mol. The van der Waals surface area contributed by atoms with Crippen molar-refractivity contribution in [2.24, 2.45) is 0 Å². The van der Waals surface area contributed by atoms with E-state index in [9.17, 15) is 26.8 Å². The molecule has 1 aliphatic rings. The van der Waals surface area contributed by atoms with Gasteiger partial charge in [0.25, 0.3) is 0 Å². The molecule has 0 aliphatic carbocycles. The molecule has 1 amide bonds. The van der Waals surface area contributed by atoms with Crippen LogP contribution in [0.15, 0.2) is 36.4 Å². The molecule has 0 saturated carbocycles. The van der Waals surface area contributed by atoms with Crippen LogP contribution in [0.2, 0.25) is 0 Å². The number of alkyl halides is 2. The molecule has 1 aromatic carbocycles. The van der Waals surface area contributed by atoms with Gasteiger partial charge in [-0.2, -0.15) is 13.1 Å². The molecule has 1 saturated heterocycles. The number of nitrogens with one attached hydrogen (secondary N) is 1. The van der Waals surface area contributed by atoms with Crippen molar-refractivity contribution in [1.29, 1.82) is 0 Å². The van der Waals surface area contributed by atoms with Crippen LogP contribution < -0.4 is 10.1 Å². The summed E-state index contributed by atoms with van der Waals surface area (Å²) in [6.07, 6.45) is -0.566. The number of carboxylic acids is 1. The Morgan fingerprint density at radius 2 is 1.86 bits per heavy atom. The summed E-state index contributed by atoms with van der Waals surface area (Å²) in [5.41, 5.74) is 0.432. The number of amides is 1. The summed E-state index contributed by atoms with van der Waals surface area (Å²) >= 11 is 0. The number of rotatable bonds is 10. The number of carbonyl (C=O) groups excluding carboxylic acids is 1. The van der Waals surface area contributed by atoms with Gasteiger partial charge in [0, 0.05) is 18.8 Å². The highest BCUT2D eigenvalue weighted by Gasteiger charge is 2.55. The molecule has 0 spiro atoms. The highest BCUT2D eigenvalue weighted by molar-refractivity contribution is 7.89. The third kappa shape index (κ3) is 5.76. The fraction of sp³-hybridized carbons (Fsp3) is 0.435. The molecule has 1 fully saturated rings. The predicted octanol–water partition coefficient (Wildman–Crippen LogP) is 3.11.